The van der Waals surface area contributed by atoms with Crippen LogP contribution in [0.15, 0.2) is 0 Å². The fourth-order valence-electron chi connectivity index (χ4n) is 9.26. The fourth-order valence-corrected chi connectivity index (χ4v) is 11.5. The lowest BCUT2D eigenvalue weighted by Gasteiger charge is -2.50. The minimum Gasteiger partial charge on any atom is -0.291 e. The highest BCUT2D eigenvalue weighted by molar-refractivity contribution is 8.00. The van der Waals surface area contributed by atoms with Crippen LogP contribution in [0.25, 0.3) is 0 Å². The molecule has 162 valence electrons. The van der Waals surface area contributed by atoms with E-state index in [4.69, 9.17) is 0 Å². The summed E-state index contributed by atoms with van der Waals surface area (Å²) in [5, 5.41) is 21.7. The van der Waals surface area contributed by atoms with Crippen LogP contribution in [0.4, 0.5) is 0 Å². The molecular weight excluding hydrogens is 386 g/mol. The molecule has 6 aliphatic rings. The lowest BCUT2D eigenvalue weighted by molar-refractivity contribution is 0.0179. The summed E-state index contributed by atoms with van der Waals surface area (Å²) in [5.41, 5.74) is 0. The van der Waals surface area contributed by atoms with Crippen molar-refractivity contribution in [2.75, 3.05) is 0 Å². The Hall–Kier alpha value is -0.710. The molecule has 6 fully saturated rings. The summed E-state index contributed by atoms with van der Waals surface area (Å²) < 4.78 is 0. The molecule has 11 atom stereocenters. The average molecular weight is 424 g/mol. The van der Waals surface area contributed by atoms with Crippen molar-refractivity contribution in [1.82, 2.24) is 4.90 Å². The van der Waals surface area contributed by atoms with Gasteiger partial charge in [-0.3, -0.25) is 4.90 Å². The highest BCUT2D eigenvalue weighted by Gasteiger charge is 2.61. The van der Waals surface area contributed by atoms with E-state index in [1.807, 2.05) is 0 Å². The number of hydrogen-bond acceptors (Lipinski definition) is 4. The lowest BCUT2D eigenvalue weighted by Crippen LogP contribution is -2.58. The Bertz CT molecular complexity index is 718. The second-order valence-electron chi connectivity index (χ2n) is 11.3. The molecule has 0 aromatic heterocycles. The zero-order chi connectivity index (χ0) is 20.2. The minimum absolute atomic E-state index is 0.0619. The van der Waals surface area contributed by atoms with Gasteiger partial charge in [-0.05, 0) is 68.6 Å². The molecule has 2 saturated heterocycles. The number of rotatable bonds is 1. The predicted molar refractivity (Wildman–Crippen MR) is 121 cm³/mol. The second kappa shape index (κ2) is 8.01. The van der Waals surface area contributed by atoms with Crippen LogP contribution in [0.2, 0.25) is 0 Å². The van der Waals surface area contributed by atoms with Crippen molar-refractivity contribution >= 4 is 11.8 Å². The molecule has 0 radical (unpaired) electrons. The van der Waals surface area contributed by atoms with Gasteiger partial charge in [0.25, 0.3) is 0 Å². The van der Waals surface area contributed by atoms with Crippen LogP contribution < -0.4 is 0 Å². The average Bonchev–Trinajstić information content (AvgIpc) is 3.34. The van der Waals surface area contributed by atoms with Crippen molar-refractivity contribution in [1.29, 1.82) is 10.5 Å². The Labute approximate surface area is 186 Å². The Balaban J connectivity index is 1.39. The number of thioether (sulfide) groups is 1. The number of likely N-dealkylation sites (tertiary alicyclic amines) is 1. The van der Waals surface area contributed by atoms with Gasteiger partial charge in [-0.15, -0.1) is 0 Å². The molecule has 6 rings (SSSR count). The number of hydrogen-bond donors (Lipinski definition) is 0. The third-order valence-corrected chi connectivity index (χ3v) is 12.1. The third-order valence-electron chi connectivity index (χ3n) is 10.2. The van der Waals surface area contributed by atoms with E-state index in [0.717, 1.165) is 41.5 Å². The van der Waals surface area contributed by atoms with Gasteiger partial charge in [0, 0.05) is 28.6 Å². The summed E-state index contributed by atoms with van der Waals surface area (Å²) in [7, 11) is 0. The molecule has 0 spiro atoms. The predicted octanol–water partition coefficient (Wildman–Crippen LogP) is 5.76. The third kappa shape index (κ3) is 2.93. The molecule has 4 heteroatoms. The van der Waals surface area contributed by atoms with Gasteiger partial charge in [0.15, 0.2) is 0 Å². The molecule has 4 saturated carbocycles. The van der Waals surface area contributed by atoms with E-state index in [-0.39, 0.29) is 11.8 Å². The molecule has 0 aromatic rings. The van der Waals surface area contributed by atoms with Gasteiger partial charge < -0.3 is 0 Å². The van der Waals surface area contributed by atoms with Gasteiger partial charge in [-0.25, -0.2) is 0 Å². The van der Waals surface area contributed by atoms with Crippen LogP contribution >= 0.6 is 11.8 Å². The Morgan fingerprint density at radius 2 is 1.23 bits per heavy atom. The van der Waals surface area contributed by atoms with E-state index in [1.54, 1.807) is 0 Å². The van der Waals surface area contributed by atoms with Crippen LogP contribution in [0.3, 0.4) is 0 Å². The van der Waals surface area contributed by atoms with Crippen molar-refractivity contribution in [2.45, 2.75) is 112 Å². The van der Waals surface area contributed by atoms with Gasteiger partial charge in [-0.2, -0.15) is 22.3 Å². The number of nitrogens with zero attached hydrogens (tertiary/aromatic N) is 3. The van der Waals surface area contributed by atoms with Crippen LogP contribution in [0.1, 0.15) is 83.5 Å². The van der Waals surface area contributed by atoms with Gasteiger partial charge in [0.05, 0.1) is 24.0 Å². The maximum Gasteiger partial charge on any atom is 0.0673 e. The van der Waals surface area contributed by atoms with Crippen molar-refractivity contribution in [3.8, 4) is 12.1 Å². The fraction of sp³-hybridized carbons (Fsp3) is 0.923. The van der Waals surface area contributed by atoms with E-state index in [9.17, 15) is 10.5 Å². The standard InChI is InChI=1S/C26H37N3S/c27-14-16-13-17(15-28)25(26-24(16)20-9-3-6-12-23(20)30-26)29-21-10-4-1-7-18(21)19-8-2-5-11-22(19)29/h16-26H,1-13H2. The molecule has 0 aromatic carbocycles. The molecule has 3 nitrogen and oxygen atoms in total. The topological polar surface area (TPSA) is 50.8 Å². The highest BCUT2D eigenvalue weighted by Crippen LogP contribution is 2.61. The maximum absolute atomic E-state index is 10.3. The molecule has 0 N–H and O–H groups in total. The molecule has 4 aliphatic carbocycles. The second-order valence-corrected chi connectivity index (χ2v) is 12.8. The van der Waals surface area contributed by atoms with Crippen molar-refractivity contribution in [3.05, 3.63) is 0 Å². The summed E-state index contributed by atoms with van der Waals surface area (Å²) in [6, 6.07) is 7.37. The Morgan fingerprint density at radius 3 is 1.87 bits per heavy atom. The smallest absolute Gasteiger partial charge is 0.0673 e. The summed E-state index contributed by atoms with van der Waals surface area (Å²) >= 11 is 2.25. The first-order valence-electron chi connectivity index (χ1n) is 13.0. The van der Waals surface area contributed by atoms with Crippen LogP contribution in [-0.2, 0) is 0 Å². The van der Waals surface area contributed by atoms with Crippen LogP contribution in [0, 0.1) is 58.2 Å². The van der Waals surface area contributed by atoms with Crippen molar-refractivity contribution in [3.63, 3.8) is 0 Å². The monoisotopic (exact) mass is 423 g/mol. The van der Waals surface area contributed by atoms with Crippen molar-refractivity contribution in [2.24, 2.45) is 35.5 Å². The zero-order valence-corrected chi connectivity index (χ0v) is 19.1. The molecule has 11 unspecified atom stereocenters. The molecular formula is C26H37N3S. The van der Waals surface area contributed by atoms with Crippen molar-refractivity contribution < 1.29 is 0 Å². The first-order chi connectivity index (χ1) is 14.8. The molecule has 2 aliphatic heterocycles. The van der Waals surface area contributed by atoms with E-state index in [1.165, 1.54) is 77.0 Å². The zero-order valence-electron chi connectivity index (χ0n) is 18.3. The maximum atomic E-state index is 10.3. The van der Waals surface area contributed by atoms with Crippen LogP contribution in [0.5, 0.6) is 0 Å². The van der Waals surface area contributed by atoms with Gasteiger partial charge in [0.2, 0.25) is 0 Å². The SMILES string of the molecule is N#CC1CC(C#N)C(N2C3CCCCC3C3CCCCC32)C2SC3CCCCC3C12. The lowest BCUT2D eigenvalue weighted by atomic mass is 9.64. The summed E-state index contributed by atoms with van der Waals surface area (Å²) in [4.78, 5) is 3.00. The summed E-state index contributed by atoms with van der Waals surface area (Å²) in [6.45, 7) is 0. The number of nitriles is 2. The largest absolute Gasteiger partial charge is 0.291 e. The summed E-state index contributed by atoms with van der Waals surface area (Å²) in [5.74, 6) is 3.25. The van der Waals surface area contributed by atoms with Gasteiger partial charge in [0.1, 0.15) is 0 Å². The van der Waals surface area contributed by atoms with Gasteiger partial charge >= 0.3 is 0 Å². The van der Waals surface area contributed by atoms with Crippen LogP contribution in [-0.4, -0.2) is 33.5 Å². The molecule has 2 heterocycles. The molecule has 0 amide bonds. The quantitative estimate of drug-likeness (QED) is 0.538. The normalized spacial score (nSPS) is 52.9. The van der Waals surface area contributed by atoms with E-state index in [2.05, 4.69) is 28.8 Å². The first-order valence-corrected chi connectivity index (χ1v) is 14.0. The first kappa shape index (κ1) is 19.9. The van der Waals surface area contributed by atoms with E-state index >= 15 is 0 Å². The highest BCUT2D eigenvalue weighted by atomic mass is 32.2. The van der Waals surface area contributed by atoms with Gasteiger partial charge in [-0.1, -0.05) is 38.5 Å². The Morgan fingerprint density at radius 1 is 0.667 bits per heavy atom. The minimum atomic E-state index is 0.0619. The summed E-state index contributed by atoms with van der Waals surface area (Å²) in [6.07, 6.45) is 17.5. The number of fused-ring (bicyclic) bond motifs is 6. The molecule has 30 heavy (non-hydrogen) atoms. The van der Waals surface area contributed by atoms with E-state index in [0.29, 0.717) is 17.2 Å². The molecule has 0 bridgehead atoms. The Kier molecular flexibility index (Phi) is 5.32. The van der Waals surface area contributed by atoms with E-state index < -0.39 is 0 Å².